The Bertz CT molecular complexity index is 1430. The third-order valence-corrected chi connectivity index (χ3v) is 6.26. The van der Waals surface area contributed by atoms with Crippen molar-refractivity contribution in [1.29, 1.82) is 0 Å². The van der Waals surface area contributed by atoms with Crippen LogP contribution in [0.2, 0.25) is 0 Å². The highest BCUT2D eigenvalue weighted by atomic mass is 19.4. The van der Waals surface area contributed by atoms with Gasteiger partial charge in [0.2, 0.25) is 5.75 Å². The predicted octanol–water partition coefficient (Wildman–Crippen LogP) is 5.87. The number of nitrogens with two attached hydrogens (primary N) is 1. The van der Waals surface area contributed by atoms with Gasteiger partial charge in [-0.2, -0.15) is 26.9 Å². The first-order valence-corrected chi connectivity index (χ1v) is 12.6. The Hall–Kier alpha value is -4.23. The quantitative estimate of drug-likeness (QED) is 0.172. The van der Waals surface area contributed by atoms with E-state index in [1.54, 1.807) is 45.2 Å². The largest absolute Gasteiger partial charge is 0.482 e. The average molecular weight is 581 g/mol. The molecule has 1 aliphatic rings. The maximum Gasteiger partial charge on any atom is 0.434 e. The molecule has 2 aromatic heterocycles. The molecule has 9 nitrogen and oxygen atoms in total. The number of imidazole rings is 1. The van der Waals surface area contributed by atoms with Gasteiger partial charge in [0.1, 0.15) is 18.0 Å². The summed E-state index contributed by atoms with van der Waals surface area (Å²) < 4.78 is 82.9. The van der Waals surface area contributed by atoms with Crippen molar-refractivity contribution in [3.63, 3.8) is 0 Å². The molecule has 0 spiro atoms. The molecule has 14 heteroatoms. The van der Waals surface area contributed by atoms with Gasteiger partial charge in [0.15, 0.2) is 17.4 Å². The second kappa shape index (κ2) is 12.1. The zero-order valence-electron chi connectivity index (χ0n) is 22.7. The van der Waals surface area contributed by atoms with Crippen LogP contribution in [0.3, 0.4) is 0 Å². The van der Waals surface area contributed by atoms with Crippen molar-refractivity contribution in [1.82, 2.24) is 19.5 Å². The van der Waals surface area contributed by atoms with Gasteiger partial charge in [-0.05, 0) is 32.3 Å². The minimum atomic E-state index is -4.58. The van der Waals surface area contributed by atoms with E-state index in [1.165, 1.54) is 11.7 Å². The van der Waals surface area contributed by atoms with E-state index < -0.39 is 24.2 Å². The Kier molecular flexibility index (Phi) is 8.78. The fourth-order valence-electron chi connectivity index (χ4n) is 4.10. The molecule has 3 aromatic rings. The van der Waals surface area contributed by atoms with Crippen LogP contribution in [0.25, 0.3) is 17.0 Å². The smallest absolute Gasteiger partial charge is 0.434 e. The second-order valence-electron chi connectivity index (χ2n) is 9.50. The highest BCUT2D eigenvalue weighted by Gasteiger charge is 2.35. The molecule has 0 atom stereocenters. The molecule has 1 aliphatic carbocycles. The van der Waals surface area contributed by atoms with Gasteiger partial charge in [-0.1, -0.05) is 24.3 Å². The first-order valence-electron chi connectivity index (χ1n) is 12.6. The Morgan fingerprint density at radius 2 is 1.83 bits per heavy atom. The Morgan fingerprint density at radius 3 is 2.37 bits per heavy atom. The molecule has 0 bridgehead atoms. The minimum Gasteiger partial charge on any atom is -0.482 e. The van der Waals surface area contributed by atoms with Gasteiger partial charge < -0.3 is 24.5 Å². The van der Waals surface area contributed by atoms with E-state index >= 15 is 0 Å². The summed E-state index contributed by atoms with van der Waals surface area (Å²) in [5, 5.41) is 0. The van der Waals surface area contributed by atoms with E-state index in [-0.39, 0.29) is 42.0 Å². The third kappa shape index (κ3) is 6.92. The number of hydrogen-bond acceptors (Lipinski definition) is 8. The Labute approximate surface area is 232 Å². The molecule has 0 radical (unpaired) electrons. The van der Waals surface area contributed by atoms with Crippen LogP contribution in [0.15, 0.2) is 47.5 Å². The Morgan fingerprint density at radius 1 is 1.15 bits per heavy atom. The summed E-state index contributed by atoms with van der Waals surface area (Å²) in [4.78, 5) is 16.5. The molecule has 2 N–H and O–H groups in total. The van der Waals surface area contributed by atoms with E-state index in [2.05, 4.69) is 24.7 Å². The van der Waals surface area contributed by atoms with Crippen molar-refractivity contribution in [3.05, 3.63) is 59.6 Å². The van der Waals surface area contributed by atoms with Crippen LogP contribution in [0.4, 0.5) is 22.0 Å². The van der Waals surface area contributed by atoms with Crippen molar-refractivity contribution >= 4 is 11.3 Å². The van der Waals surface area contributed by atoms with E-state index in [9.17, 15) is 22.0 Å². The molecule has 1 aromatic carbocycles. The van der Waals surface area contributed by atoms with Gasteiger partial charge in [0.25, 0.3) is 5.88 Å². The topological polar surface area (TPSA) is 110 Å². The van der Waals surface area contributed by atoms with Gasteiger partial charge in [-0.15, -0.1) is 0 Å². The highest BCUT2D eigenvalue weighted by Crippen LogP contribution is 2.38. The van der Waals surface area contributed by atoms with Gasteiger partial charge in [-0.25, -0.2) is 9.97 Å². The molecule has 41 heavy (non-hydrogen) atoms. The second-order valence-corrected chi connectivity index (χ2v) is 9.50. The number of ether oxygens (including phenoxy) is 3. The molecular formula is C27H29F5N6O3. The molecule has 1 fully saturated rings. The van der Waals surface area contributed by atoms with Crippen LogP contribution in [-0.2, 0) is 17.5 Å². The number of alkyl halides is 5. The predicted molar refractivity (Wildman–Crippen MR) is 140 cm³/mol. The van der Waals surface area contributed by atoms with E-state index in [0.717, 1.165) is 25.2 Å². The first kappa shape index (κ1) is 29.7. The molecule has 4 rings (SSSR count). The highest BCUT2D eigenvalue weighted by molar-refractivity contribution is 6.25. The van der Waals surface area contributed by atoms with Crippen molar-refractivity contribution in [2.75, 3.05) is 14.2 Å². The SMILES string of the molecule is CN=C(C(=C(N)OC)c1ncc(OC(F)F)c(OCc2ccc(-c3nc(C(F)(F)F)cn3C(C)C)cc2)n1)C1CC1. The van der Waals surface area contributed by atoms with Gasteiger partial charge in [0, 0.05) is 30.8 Å². The number of aromatic nitrogens is 4. The molecule has 0 unspecified atom stereocenters. The maximum absolute atomic E-state index is 13.3. The van der Waals surface area contributed by atoms with Crippen molar-refractivity contribution in [2.45, 2.75) is 52.1 Å². The lowest BCUT2D eigenvalue weighted by atomic mass is 10.1. The fraction of sp³-hybridized carbons (Fsp3) is 0.407. The summed E-state index contributed by atoms with van der Waals surface area (Å²) in [5.41, 5.74) is 7.08. The summed E-state index contributed by atoms with van der Waals surface area (Å²) in [6.07, 6.45) is -0.754. The lowest BCUT2D eigenvalue weighted by Gasteiger charge is -2.15. The maximum atomic E-state index is 13.3. The van der Waals surface area contributed by atoms with Crippen LogP contribution in [0.5, 0.6) is 11.6 Å². The number of hydrogen-bond donors (Lipinski definition) is 1. The van der Waals surface area contributed by atoms with Gasteiger partial charge in [-0.3, -0.25) is 4.99 Å². The normalized spacial score (nSPS) is 14.9. The number of halogens is 5. The molecule has 0 aliphatic heterocycles. The number of rotatable bonds is 11. The van der Waals surface area contributed by atoms with Gasteiger partial charge >= 0.3 is 12.8 Å². The summed E-state index contributed by atoms with van der Waals surface area (Å²) in [6.45, 7) is 0.224. The number of methoxy groups -OCH3 is 1. The summed E-state index contributed by atoms with van der Waals surface area (Å²) in [6, 6.07) is 6.19. The number of benzene rings is 1. The van der Waals surface area contributed by atoms with E-state index in [0.29, 0.717) is 22.4 Å². The summed E-state index contributed by atoms with van der Waals surface area (Å²) >= 11 is 0. The zero-order chi connectivity index (χ0) is 29.9. The lowest BCUT2D eigenvalue weighted by molar-refractivity contribution is -0.140. The van der Waals surface area contributed by atoms with Gasteiger partial charge in [0.05, 0.1) is 19.0 Å². The van der Waals surface area contributed by atoms with Crippen LogP contribution < -0.4 is 15.2 Å². The average Bonchev–Trinajstić information content (AvgIpc) is 3.65. The molecule has 1 saturated carbocycles. The third-order valence-electron chi connectivity index (χ3n) is 6.26. The number of aliphatic imine (C=N–C) groups is 1. The number of nitrogens with zero attached hydrogens (tertiary/aromatic N) is 5. The zero-order valence-corrected chi connectivity index (χ0v) is 22.7. The minimum absolute atomic E-state index is 0.00926. The van der Waals surface area contributed by atoms with Crippen molar-refractivity contribution < 1.29 is 36.2 Å². The van der Waals surface area contributed by atoms with Crippen LogP contribution in [-0.4, -0.2) is 46.0 Å². The van der Waals surface area contributed by atoms with Crippen LogP contribution in [0, 0.1) is 5.92 Å². The van der Waals surface area contributed by atoms with E-state index in [1.807, 2.05) is 0 Å². The summed E-state index contributed by atoms with van der Waals surface area (Å²) in [7, 11) is 2.98. The van der Waals surface area contributed by atoms with E-state index in [4.69, 9.17) is 15.2 Å². The van der Waals surface area contributed by atoms with Crippen LogP contribution >= 0.6 is 0 Å². The number of allylic oxidation sites excluding steroid dienone is 1. The fourth-order valence-corrected chi connectivity index (χ4v) is 4.10. The standard InChI is InChI=1S/C27H29F5N6O3/c1-14(2)38-12-19(27(30,31)32)36-24(38)17-7-5-15(6-8-17)13-40-25-18(41-26(28)29)11-35-23(37-25)20(22(33)39-4)21(34-3)16-9-10-16/h5-8,11-12,14,16,26H,9-10,13,33H2,1-4H3. The van der Waals surface area contributed by atoms with Crippen LogP contribution in [0.1, 0.15) is 49.8 Å². The Balaban J connectivity index is 1.61. The molecular weight excluding hydrogens is 551 g/mol. The molecule has 0 saturated heterocycles. The molecule has 2 heterocycles. The van der Waals surface area contributed by atoms with Crippen molar-refractivity contribution in [3.8, 4) is 23.0 Å². The lowest BCUT2D eigenvalue weighted by Crippen LogP contribution is -2.16. The summed E-state index contributed by atoms with van der Waals surface area (Å²) in [5.74, 6) is -0.287. The monoisotopic (exact) mass is 580 g/mol. The molecule has 0 amide bonds. The first-order chi connectivity index (χ1) is 19.4. The van der Waals surface area contributed by atoms with Crippen molar-refractivity contribution in [2.24, 2.45) is 16.6 Å². The molecule has 220 valence electrons.